The Kier molecular flexibility index (Phi) is 5.01. The first-order chi connectivity index (χ1) is 13.8. The number of likely N-dealkylation sites (tertiary alicyclic amines) is 1. The molecule has 1 spiro atoms. The highest BCUT2D eigenvalue weighted by Gasteiger charge is 2.59. The first kappa shape index (κ1) is 18.4. The Balaban J connectivity index is 1.11. The topological polar surface area (TPSA) is 48.9 Å². The fourth-order valence-electron chi connectivity index (χ4n) is 5.55. The average Bonchev–Trinajstić information content (AvgIpc) is 3.48. The molecule has 3 aliphatic heterocycles. The third kappa shape index (κ3) is 3.52. The summed E-state index contributed by atoms with van der Waals surface area (Å²) < 4.78 is 5.51. The van der Waals surface area contributed by atoms with Gasteiger partial charge in [-0.05, 0) is 62.7 Å². The maximum atomic E-state index is 13.1. The van der Waals surface area contributed by atoms with Gasteiger partial charge in [0.05, 0.1) is 0 Å². The molecule has 0 aromatic carbocycles. The highest BCUT2D eigenvalue weighted by Crippen LogP contribution is 2.60. The number of hydrogen-bond acceptors (Lipinski definition) is 5. The molecule has 1 aromatic rings. The summed E-state index contributed by atoms with van der Waals surface area (Å²) in [6, 6.07) is 6.74. The van der Waals surface area contributed by atoms with Crippen molar-refractivity contribution in [3.63, 3.8) is 0 Å². The summed E-state index contributed by atoms with van der Waals surface area (Å²) in [5, 5.41) is 0. The van der Waals surface area contributed by atoms with E-state index in [9.17, 15) is 4.79 Å². The molecule has 1 atom stereocenters. The summed E-state index contributed by atoms with van der Waals surface area (Å²) >= 11 is 0. The van der Waals surface area contributed by atoms with Gasteiger partial charge < -0.3 is 19.4 Å². The summed E-state index contributed by atoms with van der Waals surface area (Å²) in [5.41, 5.74) is 0.316. The van der Waals surface area contributed by atoms with Gasteiger partial charge in [-0.25, -0.2) is 4.98 Å². The molecule has 0 N–H and O–H groups in total. The summed E-state index contributed by atoms with van der Waals surface area (Å²) in [6.45, 7) is 7.60. The van der Waals surface area contributed by atoms with Crippen LogP contribution < -0.4 is 4.90 Å². The van der Waals surface area contributed by atoms with Gasteiger partial charge in [0.25, 0.3) is 0 Å². The lowest BCUT2D eigenvalue weighted by atomic mass is 9.89. The average molecular weight is 385 g/mol. The summed E-state index contributed by atoms with van der Waals surface area (Å²) in [7, 11) is 0. The van der Waals surface area contributed by atoms with Crippen LogP contribution in [-0.4, -0.2) is 79.2 Å². The number of carbonyl (C=O) groups excluding carboxylic acids is 1. The van der Waals surface area contributed by atoms with Crippen molar-refractivity contribution in [3.05, 3.63) is 24.4 Å². The number of ether oxygens (including phenoxy) is 1. The van der Waals surface area contributed by atoms with Crippen LogP contribution in [0.25, 0.3) is 0 Å². The summed E-state index contributed by atoms with van der Waals surface area (Å²) in [6.07, 6.45) is 7.72. The lowest BCUT2D eigenvalue weighted by Gasteiger charge is -2.40. The first-order valence-electron chi connectivity index (χ1n) is 11.0. The molecule has 28 heavy (non-hydrogen) atoms. The number of hydrogen-bond donors (Lipinski definition) is 0. The number of pyridine rings is 1. The van der Waals surface area contributed by atoms with Crippen molar-refractivity contribution in [2.24, 2.45) is 11.3 Å². The number of anilines is 1. The number of piperazine rings is 1. The Labute approximate surface area is 167 Å². The Bertz CT molecular complexity index is 675. The lowest BCUT2D eigenvalue weighted by molar-refractivity contribution is -0.134. The molecular formula is C22H32N4O2. The minimum Gasteiger partial charge on any atom is -0.381 e. The molecule has 0 bridgehead atoms. The molecule has 4 aliphatic rings. The van der Waals surface area contributed by atoms with Crippen molar-refractivity contribution < 1.29 is 9.53 Å². The van der Waals surface area contributed by atoms with Gasteiger partial charge in [-0.15, -0.1) is 0 Å². The number of piperidine rings is 1. The van der Waals surface area contributed by atoms with Crippen LogP contribution in [0, 0.1) is 11.3 Å². The smallest absolute Gasteiger partial charge is 0.226 e. The number of carbonyl (C=O) groups is 1. The molecule has 1 amide bonds. The molecule has 6 heteroatoms. The van der Waals surface area contributed by atoms with Crippen LogP contribution in [0.15, 0.2) is 24.4 Å². The molecule has 4 fully saturated rings. The van der Waals surface area contributed by atoms with Crippen LogP contribution in [0.3, 0.4) is 0 Å². The van der Waals surface area contributed by atoms with Gasteiger partial charge in [-0.3, -0.25) is 4.79 Å². The Morgan fingerprint density at radius 2 is 1.79 bits per heavy atom. The van der Waals surface area contributed by atoms with Crippen LogP contribution in [0.5, 0.6) is 0 Å². The second-order valence-electron chi connectivity index (χ2n) is 9.00. The van der Waals surface area contributed by atoms with E-state index in [0.29, 0.717) is 17.4 Å². The highest BCUT2D eigenvalue weighted by atomic mass is 16.5. The molecule has 3 saturated heterocycles. The van der Waals surface area contributed by atoms with E-state index >= 15 is 0 Å². The summed E-state index contributed by atoms with van der Waals surface area (Å²) in [5.74, 6) is 1.73. The van der Waals surface area contributed by atoms with E-state index in [2.05, 4.69) is 25.8 Å². The standard InChI is InChI=1S/C22H32N4O2/c27-21(26-13-11-25(12-14-26)20-3-1-2-8-23-20)19-17-22(19)6-9-24(10-7-22)18-4-15-28-16-5-18/h1-3,8,18-19H,4-7,9-17H2. The van der Waals surface area contributed by atoms with E-state index in [0.717, 1.165) is 51.6 Å². The second kappa shape index (κ2) is 7.64. The molecule has 5 rings (SSSR count). The second-order valence-corrected chi connectivity index (χ2v) is 9.00. The van der Waals surface area contributed by atoms with E-state index in [1.807, 2.05) is 18.3 Å². The minimum atomic E-state index is 0.283. The lowest BCUT2D eigenvalue weighted by Crippen LogP contribution is -2.50. The van der Waals surface area contributed by atoms with Gasteiger partial charge in [0.2, 0.25) is 5.91 Å². The fraction of sp³-hybridized carbons (Fsp3) is 0.727. The number of aromatic nitrogens is 1. The van der Waals surface area contributed by atoms with Crippen molar-refractivity contribution in [3.8, 4) is 0 Å². The normalized spacial score (nSPS) is 28.5. The third-order valence-electron chi connectivity index (χ3n) is 7.55. The molecule has 1 aromatic heterocycles. The molecule has 1 saturated carbocycles. The maximum absolute atomic E-state index is 13.1. The van der Waals surface area contributed by atoms with Gasteiger partial charge >= 0.3 is 0 Å². The Morgan fingerprint density at radius 3 is 2.46 bits per heavy atom. The third-order valence-corrected chi connectivity index (χ3v) is 7.55. The van der Waals surface area contributed by atoms with Crippen LogP contribution in [0.2, 0.25) is 0 Å². The van der Waals surface area contributed by atoms with Gasteiger partial charge in [-0.1, -0.05) is 6.07 Å². The quantitative estimate of drug-likeness (QED) is 0.798. The fourth-order valence-corrected chi connectivity index (χ4v) is 5.55. The zero-order chi connectivity index (χ0) is 19.0. The number of amides is 1. The van der Waals surface area contributed by atoms with Gasteiger partial charge in [-0.2, -0.15) is 0 Å². The van der Waals surface area contributed by atoms with E-state index in [1.54, 1.807) is 0 Å². The largest absolute Gasteiger partial charge is 0.381 e. The minimum absolute atomic E-state index is 0.283. The van der Waals surface area contributed by atoms with E-state index in [4.69, 9.17) is 4.74 Å². The van der Waals surface area contributed by atoms with E-state index in [-0.39, 0.29) is 5.92 Å². The Morgan fingerprint density at radius 1 is 1.04 bits per heavy atom. The van der Waals surface area contributed by atoms with Crippen LogP contribution in [0.1, 0.15) is 32.1 Å². The van der Waals surface area contributed by atoms with Gasteiger partial charge in [0, 0.05) is 57.5 Å². The predicted octanol–water partition coefficient (Wildman–Crippen LogP) is 2.01. The molecular weight excluding hydrogens is 352 g/mol. The van der Waals surface area contributed by atoms with E-state index < -0.39 is 0 Å². The monoisotopic (exact) mass is 384 g/mol. The van der Waals surface area contributed by atoms with Crippen molar-refractivity contribution in [2.45, 2.75) is 38.1 Å². The van der Waals surface area contributed by atoms with Crippen LogP contribution >= 0.6 is 0 Å². The van der Waals surface area contributed by atoms with Crippen molar-refractivity contribution >= 4 is 11.7 Å². The van der Waals surface area contributed by atoms with E-state index in [1.165, 1.54) is 38.8 Å². The molecule has 1 unspecified atom stereocenters. The maximum Gasteiger partial charge on any atom is 0.226 e. The SMILES string of the molecule is O=C(C1CC12CCN(C1CCOCC1)CC2)N1CCN(c2ccccn2)CC1. The zero-order valence-electron chi connectivity index (χ0n) is 16.8. The van der Waals surface area contributed by atoms with Gasteiger partial charge in [0.1, 0.15) is 5.82 Å². The van der Waals surface area contributed by atoms with Gasteiger partial charge in [0.15, 0.2) is 0 Å². The molecule has 152 valence electrons. The first-order valence-corrected chi connectivity index (χ1v) is 11.0. The van der Waals surface area contributed by atoms with Crippen molar-refractivity contribution in [1.82, 2.24) is 14.8 Å². The number of nitrogens with zero attached hydrogens (tertiary/aromatic N) is 4. The molecule has 4 heterocycles. The predicted molar refractivity (Wildman–Crippen MR) is 108 cm³/mol. The van der Waals surface area contributed by atoms with Crippen molar-refractivity contribution in [2.75, 3.05) is 57.4 Å². The highest BCUT2D eigenvalue weighted by molar-refractivity contribution is 5.83. The molecule has 0 radical (unpaired) electrons. The number of rotatable bonds is 3. The van der Waals surface area contributed by atoms with Crippen molar-refractivity contribution in [1.29, 1.82) is 0 Å². The molecule has 1 aliphatic carbocycles. The molecule has 6 nitrogen and oxygen atoms in total. The van der Waals surface area contributed by atoms with Crippen LogP contribution in [-0.2, 0) is 9.53 Å². The zero-order valence-corrected chi connectivity index (χ0v) is 16.8. The van der Waals surface area contributed by atoms with Crippen LogP contribution in [0.4, 0.5) is 5.82 Å². The summed E-state index contributed by atoms with van der Waals surface area (Å²) in [4.78, 5) is 24.6. The Hall–Kier alpha value is -1.66.